The summed E-state index contributed by atoms with van der Waals surface area (Å²) >= 11 is 0. The highest BCUT2D eigenvalue weighted by molar-refractivity contribution is 5.56. The number of halogens is 3. The van der Waals surface area contributed by atoms with Crippen molar-refractivity contribution in [3.05, 3.63) is 53.0 Å². The summed E-state index contributed by atoms with van der Waals surface area (Å²) in [6.45, 7) is 1.58. The van der Waals surface area contributed by atoms with Gasteiger partial charge in [0.25, 0.3) is 0 Å². The zero-order valence-electron chi connectivity index (χ0n) is 11.7. The second-order valence-electron chi connectivity index (χ2n) is 4.88. The fourth-order valence-corrected chi connectivity index (χ4v) is 2.13. The summed E-state index contributed by atoms with van der Waals surface area (Å²) in [5.41, 5.74) is -0.484. The lowest BCUT2D eigenvalue weighted by atomic mass is 10.1. The number of rotatable bonds is 4. The number of nitrogens with zero attached hydrogens (tertiary/aromatic N) is 1. The summed E-state index contributed by atoms with van der Waals surface area (Å²) in [6.07, 6.45) is -4.48. The topological polar surface area (TPSA) is 36.6 Å². The number of hydrogen-bond acceptors (Lipinski definition) is 3. The van der Waals surface area contributed by atoms with E-state index < -0.39 is 18.3 Å². The molecule has 114 valence electrons. The third-order valence-corrected chi connectivity index (χ3v) is 3.15. The molecule has 0 fully saturated rings. The van der Waals surface area contributed by atoms with Gasteiger partial charge in [-0.2, -0.15) is 13.2 Å². The smallest absolute Gasteiger partial charge is 0.418 e. The van der Waals surface area contributed by atoms with E-state index in [-0.39, 0.29) is 17.8 Å². The third kappa shape index (κ3) is 3.58. The van der Waals surface area contributed by atoms with E-state index in [4.69, 9.17) is 9.52 Å². The van der Waals surface area contributed by atoms with E-state index in [0.29, 0.717) is 11.5 Å². The quantitative estimate of drug-likeness (QED) is 0.934. The molecule has 0 spiro atoms. The molecule has 2 aromatic rings. The van der Waals surface area contributed by atoms with Crippen molar-refractivity contribution in [2.45, 2.75) is 26.3 Å². The Morgan fingerprint density at radius 2 is 1.90 bits per heavy atom. The number of benzene rings is 1. The van der Waals surface area contributed by atoms with Gasteiger partial charge in [0.2, 0.25) is 0 Å². The maximum absolute atomic E-state index is 13.1. The SMILES string of the molecule is Cc1ccc(CN(C)c2ccc(CO)cc2C(F)(F)F)o1. The Hall–Kier alpha value is -1.95. The van der Waals surface area contributed by atoms with Crippen molar-refractivity contribution in [3.8, 4) is 0 Å². The average molecular weight is 299 g/mol. The lowest BCUT2D eigenvalue weighted by molar-refractivity contribution is -0.137. The molecular weight excluding hydrogens is 283 g/mol. The van der Waals surface area contributed by atoms with Crippen molar-refractivity contribution < 1.29 is 22.7 Å². The van der Waals surface area contributed by atoms with Crippen LogP contribution in [-0.4, -0.2) is 12.2 Å². The standard InChI is InChI=1S/C15H16F3NO2/c1-10-3-5-12(21-10)8-19(2)14-6-4-11(9-20)7-13(14)15(16,17)18/h3-7,20H,8-9H2,1-2H3. The molecule has 0 atom stereocenters. The molecular formula is C15H16F3NO2. The minimum Gasteiger partial charge on any atom is -0.464 e. The van der Waals surface area contributed by atoms with Crippen molar-refractivity contribution in [1.82, 2.24) is 0 Å². The normalized spacial score (nSPS) is 11.7. The monoisotopic (exact) mass is 299 g/mol. The Morgan fingerprint density at radius 3 is 2.43 bits per heavy atom. The molecule has 1 heterocycles. The summed E-state index contributed by atoms with van der Waals surface area (Å²) in [4.78, 5) is 1.47. The number of aryl methyl sites for hydroxylation is 1. The van der Waals surface area contributed by atoms with E-state index in [9.17, 15) is 13.2 Å². The van der Waals surface area contributed by atoms with Gasteiger partial charge in [-0.3, -0.25) is 0 Å². The zero-order chi connectivity index (χ0) is 15.6. The molecule has 0 unspecified atom stereocenters. The summed E-state index contributed by atoms with van der Waals surface area (Å²) in [5, 5.41) is 9.00. The summed E-state index contributed by atoms with van der Waals surface area (Å²) in [6, 6.07) is 7.32. The molecule has 0 saturated carbocycles. The highest BCUT2D eigenvalue weighted by Gasteiger charge is 2.34. The molecule has 0 aliphatic carbocycles. The number of anilines is 1. The van der Waals surface area contributed by atoms with Crippen LogP contribution in [0.2, 0.25) is 0 Å². The van der Waals surface area contributed by atoms with Gasteiger partial charge in [-0.05, 0) is 36.8 Å². The van der Waals surface area contributed by atoms with Gasteiger partial charge >= 0.3 is 6.18 Å². The molecule has 0 aliphatic heterocycles. The largest absolute Gasteiger partial charge is 0.464 e. The first-order valence-electron chi connectivity index (χ1n) is 6.38. The van der Waals surface area contributed by atoms with Crippen LogP contribution in [-0.2, 0) is 19.3 Å². The Labute approximate surface area is 120 Å². The van der Waals surface area contributed by atoms with E-state index in [1.807, 2.05) is 0 Å². The van der Waals surface area contributed by atoms with Gasteiger partial charge in [-0.15, -0.1) is 0 Å². The van der Waals surface area contributed by atoms with Crippen molar-refractivity contribution in [2.75, 3.05) is 11.9 Å². The molecule has 0 amide bonds. The van der Waals surface area contributed by atoms with Crippen LogP contribution in [0.5, 0.6) is 0 Å². The van der Waals surface area contributed by atoms with Crippen LogP contribution in [0.1, 0.15) is 22.6 Å². The average Bonchev–Trinajstić information content (AvgIpc) is 2.82. The Morgan fingerprint density at radius 1 is 1.19 bits per heavy atom. The number of hydrogen-bond donors (Lipinski definition) is 1. The maximum atomic E-state index is 13.1. The minimum atomic E-state index is -4.48. The third-order valence-electron chi connectivity index (χ3n) is 3.15. The Bertz CT molecular complexity index is 620. The molecule has 0 aliphatic rings. The van der Waals surface area contributed by atoms with Crippen molar-refractivity contribution >= 4 is 5.69 Å². The highest BCUT2D eigenvalue weighted by atomic mass is 19.4. The van der Waals surface area contributed by atoms with Gasteiger partial charge in [0, 0.05) is 12.7 Å². The van der Waals surface area contributed by atoms with Gasteiger partial charge in [0.05, 0.1) is 18.7 Å². The fourth-order valence-electron chi connectivity index (χ4n) is 2.13. The molecule has 21 heavy (non-hydrogen) atoms. The van der Waals surface area contributed by atoms with Gasteiger partial charge in [0.15, 0.2) is 0 Å². The number of aliphatic hydroxyl groups excluding tert-OH is 1. The number of alkyl halides is 3. The summed E-state index contributed by atoms with van der Waals surface area (Å²) in [5.74, 6) is 1.31. The van der Waals surface area contributed by atoms with E-state index in [2.05, 4.69) is 0 Å². The molecule has 3 nitrogen and oxygen atoms in total. The summed E-state index contributed by atoms with van der Waals surface area (Å²) < 4.78 is 44.8. The molecule has 1 aromatic heterocycles. The second-order valence-corrected chi connectivity index (χ2v) is 4.88. The molecule has 1 aromatic carbocycles. The number of furan rings is 1. The van der Waals surface area contributed by atoms with Crippen LogP contribution in [0.3, 0.4) is 0 Å². The minimum absolute atomic E-state index is 0.0498. The van der Waals surface area contributed by atoms with Crippen LogP contribution >= 0.6 is 0 Å². The fraction of sp³-hybridized carbons (Fsp3) is 0.333. The Balaban J connectivity index is 2.33. The summed E-state index contributed by atoms with van der Waals surface area (Å²) in [7, 11) is 1.57. The van der Waals surface area contributed by atoms with Crippen molar-refractivity contribution in [3.63, 3.8) is 0 Å². The van der Waals surface area contributed by atoms with E-state index in [0.717, 1.165) is 6.07 Å². The first kappa shape index (κ1) is 15.4. The predicted molar refractivity (Wildman–Crippen MR) is 72.9 cm³/mol. The van der Waals surface area contributed by atoms with Crippen LogP contribution in [0.25, 0.3) is 0 Å². The van der Waals surface area contributed by atoms with E-state index >= 15 is 0 Å². The van der Waals surface area contributed by atoms with Gasteiger partial charge in [0.1, 0.15) is 11.5 Å². The number of aliphatic hydroxyl groups is 1. The molecule has 0 radical (unpaired) electrons. The first-order valence-corrected chi connectivity index (χ1v) is 6.38. The van der Waals surface area contributed by atoms with Crippen LogP contribution in [0.15, 0.2) is 34.7 Å². The van der Waals surface area contributed by atoms with Crippen molar-refractivity contribution in [2.24, 2.45) is 0 Å². The second kappa shape index (κ2) is 5.81. The van der Waals surface area contributed by atoms with Crippen LogP contribution < -0.4 is 4.90 Å². The van der Waals surface area contributed by atoms with Gasteiger partial charge in [-0.1, -0.05) is 6.07 Å². The zero-order valence-corrected chi connectivity index (χ0v) is 11.7. The lowest BCUT2D eigenvalue weighted by Crippen LogP contribution is -2.21. The lowest BCUT2D eigenvalue weighted by Gasteiger charge is -2.23. The molecule has 6 heteroatoms. The molecule has 2 rings (SSSR count). The van der Waals surface area contributed by atoms with Crippen LogP contribution in [0.4, 0.5) is 18.9 Å². The van der Waals surface area contributed by atoms with Gasteiger partial charge < -0.3 is 14.4 Å². The maximum Gasteiger partial charge on any atom is 0.418 e. The van der Waals surface area contributed by atoms with Gasteiger partial charge in [-0.25, -0.2) is 0 Å². The van der Waals surface area contributed by atoms with Crippen molar-refractivity contribution in [1.29, 1.82) is 0 Å². The molecule has 1 N–H and O–H groups in total. The Kier molecular flexibility index (Phi) is 4.27. The highest BCUT2D eigenvalue weighted by Crippen LogP contribution is 2.37. The van der Waals surface area contributed by atoms with E-state index in [1.165, 1.54) is 17.0 Å². The van der Waals surface area contributed by atoms with E-state index in [1.54, 1.807) is 26.1 Å². The molecule has 0 saturated heterocycles. The van der Waals surface area contributed by atoms with Crippen LogP contribution in [0, 0.1) is 6.92 Å². The first-order chi connectivity index (χ1) is 9.81. The molecule has 0 bridgehead atoms. The predicted octanol–water partition coefficient (Wildman–Crippen LogP) is 3.74.